The van der Waals surface area contributed by atoms with Gasteiger partial charge in [0.2, 0.25) is 0 Å². The highest BCUT2D eigenvalue weighted by Crippen LogP contribution is 2.28. The smallest absolute Gasteiger partial charge is 0.412 e. The molecule has 1 amide bonds. The number of nitrogen functional groups attached to an aromatic ring is 1. The van der Waals surface area contributed by atoms with Crippen molar-refractivity contribution < 1.29 is 23.3 Å². The fourth-order valence-corrected chi connectivity index (χ4v) is 3.52. The molecule has 2 aromatic rings. The Morgan fingerprint density at radius 3 is 2.29 bits per heavy atom. The lowest BCUT2D eigenvalue weighted by molar-refractivity contribution is 0.0600. The van der Waals surface area contributed by atoms with Gasteiger partial charge in [0.1, 0.15) is 0 Å². The molecule has 3 N–H and O–H groups in total. The molecule has 148 valence electrons. The number of nitrogens with two attached hydrogens (primary N) is 1. The van der Waals surface area contributed by atoms with E-state index in [1.807, 2.05) is 0 Å². The van der Waals surface area contributed by atoms with Crippen molar-refractivity contribution in [2.45, 2.75) is 9.79 Å². The van der Waals surface area contributed by atoms with E-state index in [1.54, 1.807) is 48.7 Å². The van der Waals surface area contributed by atoms with E-state index >= 15 is 0 Å². The highest BCUT2D eigenvalue weighted by molar-refractivity contribution is 8.13. The summed E-state index contributed by atoms with van der Waals surface area (Å²) in [6.45, 7) is 0. The van der Waals surface area contributed by atoms with Crippen molar-refractivity contribution in [3.8, 4) is 0 Å². The summed E-state index contributed by atoms with van der Waals surface area (Å²) in [7, 11) is 1.03. The molecule has 2 aromatic carbocycles. The van der Waals surface area contributed by atoms with Crippen molar-refractivity contribution in [1.29, 1.82) is 0 Å². The van der Waals surface area contributed by atoms with E-state index in [4.69, 9.17) is 5.73 Å². The minimum atomic E-state index is -1.51. The van der Waals surface area contributed by atoms with Crippen LogP contribution in [0.1, 0.15) is 10.4 Å². The maximum Gasteiger partial charge on any atom is 0.412 e. The zero-order valence-corrected chi connectivity index (χ0v) is 17.1. The number of ether oxygens (including phenoxy) is 2. The zero-order valence-electron chi connectivity index (χ0n) is 15.4. The number of nitrogens with one attached hydrogen (secondary N) is 1. The van der Waals surface area contributed by atoms with Gasteiger partial charge in [-0.3, -0.25) is 5.32 Å². The molecule has 8 nitrogen and oxygen atoms in total. The van der Waals surface area contributed by atoms with E-state index in [-0.39, 0.29) is 5.17 Å². The molecule has 0 saturated heterocycles. The molecule has 0 fully saturated rings. The minimum absolute atomic E-state index is 0.281. The second kappa shape index (κ2) is 9.90. The number of amides is 1. The number of alkyl carbamates (subject to hydrolysis) is 1. The quantitative estimate of drug-likeness (QED) is 0.337. The van der Waals surface area contributed by atoms with Crippen LogP contribution in [0, 0.1) is 0 Å². The normalized spacial score (nSPS) is 12.2. The summed E-state index contributed by atoms with van der Waals surface area (Å²) in [6.07, 6.45) is 1.08. The molecule has 0 heterocycles. The first-order chi connectivity index (χ1) is 13.4. The lowest BCUT2D eigenvalue weighted by atomic mass is 10.2. The predicted molar refractivity (Wildman–Crippen MR) is 109 cm³/mol. The van der Waals surface area contributed by atoms with E-state index in [1.165, 1.54) is 26.0 Å². The number of rotatable bonds is 4. The maximum atomic E-state index is 12.9. The number of carbonyl (C=O) groups excluding carboxylic acids is 2. The fourth-order valence-electron chi connectivity index (χ4n) is 2.08. The minimum Gasteiger partial charge on any atom is -0.465 e. The van der Waals surface area contributed by atoms with Crippen LogP contribution in [0.25, 0.3) is 0 Å². The van der Waals surface area contributed by atoms with E-state index < -0.39 is 22.9 Å². The first-order valence-electron chi connectivity index (χ1n) is 7.87. The Labute approximate surface area is 169 Å². The number of hydrogen-bond acceptors (Lipinski definition) is 8. The molecular weight excluding hydrogens is 402 g/mol. The van der Waals surface area contributed by atoms with Crippen molar-refractivity contribution in [3.05, 3.63) is 48.0 Å². The maximum absolute atomic E-state index is 12.9. The molecule has 1 unspecified atom stereocenters. The molecule has 0 saturated carbocycles. The summed E-state index contributed by atoms with van der Waals surface area (Å²) in [6, 6.07) is 11.1. The summed E-state index contributed by atoms with van der Waals surface area (Å²) in [5.74, 6) is -0.468. The lowest BCUT2D eigenvalue weighted by Crippen LogP contribution is -2.27. The third-order valence-electron chi connectivity index (χ3n) is 3.52. The molecule has 0 radical (unpaired) electrons. The molecule has 0 aliphatic heterocycles. The lowest BCUT2D eigenvalue weighted by Gasteiger charge is -2.09. The highest BCUT2D eigenvalue weighted by Gasteiger charge is 2.13. The van der Waals surface area contributed by atoms with Gasteiger partial charge < -0.3 is 15.2 Å². The standard InChI is InChI=1S/C18H19N3O5S2/c1-25-16(22)11-4-6-12(7-5-11)28(24)13-8-9-14(19)15(10-13)20-17(27-3)21-18(23)26-2/h4-10H,19H2,1-3H3,(H,20,21,23). The van der Waals surface area contributed by atoms with Crippen molar-refractivity contribution in [3.63, 3.8) is 0 Å². The molecule has 10 heteroatoms. The van der Waals surface area contributed by atoms with E-state index in [0.717, 1.165) is 0 Å². The van der Waals surface area contributed by atoms with Crippen molar-refractivity contribution in [2.75, 3.05) is 26.2 Å². The van der Waals surface area contributed by atoms with Crippen LogP contribution in [0.2, 0.25) is 0 Å². The number of benzene rings is 2. The summed E-state index contributed by atoms with van der Waals surface area (Å²) in [4.78, 5) is 28.2. The van der Waals surface area contributed by atoms with Gasteiger partial charge in [0, 0.05) is 9.79 Å². The van der Waals surface area contributed by atoms with Crippen LogP contribution in [0.5, 0.6) is 0 Å². The molecule has 28 heavy (non-hydrogen) atoms. The van der Waals surface area contributed by atoms with E-state index in [0.29, 0.717) is 26.7 Å². The van der Waals surface area contributed by atoms with Gasteiger partial charge >= 0.3 is 12.1 Å². The highest BCUT2D eigenvalue weighted by atomic mass is 32.2. The molecule has 0 aliphatic carbocycles. The first-order valence-corrected chi connectivity index (χ1v) is 10.2. The van der Waals surface area contributed by atoms with Gasteiger partial charge in [-0.25, -0.2) is 18.8 Å². The average molecular weight is 422 g/mol. The predicted octanol–water partition coefficient (Wildman–Crippen LogP) is 2.93. The molecule has 0 bridgehead atoms. The molecule has 1 atom stereocenters. The van der Waals surface area contributed by atoms with Crippen molar-refractivity contribution in [2.24, 2.45) is 4.99 Å². The average Bonchev–Trinajstić information content (AvgIpc) is 2.73. The number of esters is 1. The summed E-state index contributed by atoms with van der Waals surface area (Å²) < 4.78 is 22.0. The third kappa shape index (κ3) is 5.33. The number of anilines is 1. The van der Waals surface area contributed by atoms with Crippen LogP contribution >= 0.6 is 11.8 Å². The number of carbonyl (C=O) groups is 2. The largest absolute Gasteiger partial charge is 0.465 e. The number of nitrogens with zero attached hydrogens (tertiary/aromatic N) is 1. The van der Waals surface area contributed by atoms with Crippen LogP contribution in [0.4, 0.5) is 16.2 Å². The van der Waals surface area contributed by atoms with Crippen LogP contribution in [-0.2, 0) is 20.3 Å². The first kappa shape index (κ1) is 21.5. The van der Waals surface area contributed by atoms with Crippen LogP contribution < -0.4 is 11.1 Å². The summed E-state index contributed by atoms with van der Waals surface area (Å²) >= 11 is 1.20. The number of hydrogen-bond donors (Lipinski definition) is 2. The van der Waals surface area contributed by atoms with Gasteiger partial charge in [0.15, 0.2) is 5.17 Å². The second-order valence-electron chi connectivity index (χ2n) is 5.24. The Hall–Kier alpha value is -2.85. The third-order valence-corrected chi connectivity index (χ3v) is 5.48. The van der Waals surface area contributed by atoms with Crippen molar-refractivity contribution >= 4 is 51.2 Å². The topological polar surface area (TPSA) is 120 Å². The Morgan fingerprint density at radius 1 is 1.07 bits per heavy atom. The van der Waals surface area contributed by atoms with Gasteiger partial charge in [0.25, 0.3) is 0 Å². The van der Waals surface area contributed by atoms with Gasteiger partial charge in [-0.1, -0.05) is 11.8 Å². The van der Waals surface area contributed by atoms with E-state index in [2.05, 4.69) is 19.8 Å². The van der Waals surface area contributed by atoms with Gasteiger partial charge in [-0.15, -0.1) is 0 Å². The number of aliphatic imine (C=N–C) groups is 1. The van der Waals surface area contributed by atoms with Gasteiger partial charge in [-0.05, 0) is 48.7 Å². The van der Waals surface area contributed by atoms with Crippen molar-refractivity contribution in [1.82, 2.24) is 5.32 Å². The van der Waals surface area contributed by atoms with Gasteiger partial charge in [-0.2, -0.15) is 0 Å². The molecule has 0 aromatic heterocycles. The molecular formula is C18H19N3O5S2. The fraction of sp³-hybridized carbons (Fsp3) is 0.167. The number of amidine groups is 1. The van der Waals surface area contributed by atoms with Gasteiger partial charge in [0.05, 0.1) is 42.0 Å². The monoisotopic (exact) mass is 421 g/mol. The molecule has 0 aliphatic rings. The summed E-state index contributed by atoms with van der Waals surface area (Å²) in [5, 5.41) is 2.75. The Kier molecular flexibility index (Phi) is 7.59. The van der Waals surface area contributed by atoms with E-state index in [9.17, 15) is 13.8 Å². The number of thioether (sulfide) groups is 1. The second-order valence-corrected chi connectivity index (χ2v) is 7.52. The Bertz CT molecular complexity index is 929. The number of methoxy groups -OCH3 is 2. The van der Waals surface area contributed by atoms with Crippen LogP contribution in [-0.4, -0.2) is 41.9 Å². The zero-order chi connectivity index (χ0) is 20.7. The van der Waals surface area contributed by atoms with Crippen LogP contribution in [0.15, 0.2) is 57.2 Å². The summed E-state index contributed by atoms with van der Waals surface area (Å²) in [5.41, 5.74) is 7.04. The Morgan fingerprint density at radius 2 is 1.71 bits per heavy atom. The SMILES string of the molecule is COC(=O)NC(=Nc1cc(S(=O)c2ccc(C(=O)OC)cc2)ccc1N)SC. The Balaban J connectivity index is 2.32. The molecule has 0 spiro atoms. The molecule has 2 rings (SSSR count). The van der Waals surface area contributed by atoms with Crippen LogP contribution in [0.3, 0.4) is 0 Å².